The van der Waals surface area contributed by atoms with Crippen molar-refractivity contribution in [3.63, 3.8) is 0 Å². The van der Waals surface area contributed by atoms with Gasteiger partial charge in [-0.3, -0.25) is 0 Å². The van der Waals surface area contributed by atoms with Crippen molar-refractivity contribution in [1.29, 1.82) is 0 Å². The number of fused-ring (bicyclic) bond motifs is 1. The van der Waals surface area contributed by atoms with Crippen molar-refractivity contribution in [2.24, 2.45) is 11.7 Å². The van der Waals surface area contributed by atoms with Crippen LogP contribution in [-0.2, 0) is 0 Å². The number of hydrogen-bond acceptors (Lipinski definition) is 2. The zero-order valence-corrected chi connectivity index (χ0v) is 7.10. The van der Waals surface area contributed by atoms with Gasteiger partial charge < -0.3 is 11.1 Å². The van der Waals surface area contributed by atoms with E-state index in [0.29, 0.717) is 0 Å². The van der Waals surface area contributed by atoms with Crippen LogP contribution in [0.4, 0.5) is 0 Å². The molecular formula is C9H18N2. The second-order valence-electron chi connectivity index (χ2n) is 4.13. The van der Waals surface area contributed by atoms with Gasteiger partial charge in [0.25, 0.3) is 0 Å². The summed E-state index contributed by atoms with van der Waals surface area (Å²) in [6.45, 7) is 2.30. The summed E-state index contributed by atoms with van der Waals surface area (Å²) in [5.41, 5.74) is 6.54. The maximum absolute atomic E-state index is 6.32. The molecular weight excluding hydrogens is 136 g/mol. The Morgan fingerprint density at radius 2 is 2.18 bits per heavy atom. The zero-order valence-electron chi connectivity index (χ0n) is 7.10. The quantitative estimate of drug-likeness (QED) is 0.543. The minimum absolute atomic E-state index is 0.212. The van der Waals surface area contributed by atoms with Crippen molar-refractivity contribution in [1.82, 2.24) is 5.32 Å². The van der Waals surface area contributed by atoms with Gasteiger partial charge in [-0.1, -0.05) is 12.8 Å². The number of hydrogen-bond donors (Lipinski definition) is 2. The van der Waals surface area contributed by atoms with E-state index >= 15 is 0 Å². The number of nitrogens with one attached hydrogen (secondary N) is 1. The monoisotopic (exact) mass is 154 g/mol. The largest absolute Gasteiger partial charge is 0.325 e. The molecule has 64 valence electrons. The van der Waals surface area contributed by atoms with Gasteiger partial charge in [-0.25, -0.2) is 0 Å². The van der Waals surface area contributed by atoms with Gasteiger partial charge in [0.05, 0.1) is 0 Å². The van der Waals surface area contributed by atoms with Gasteiger partial charge in [-0.05, 0) is 38.3 Å². The first-order valence-corrected chi connectivity index (χ1v) is 4.81. The molecule has 0 unspecified atom stereocenters. The highest BCUT2D eigenvalue weighted by Gasteiger charge is 2.38. The molecule has 1 saturated carbocycles. The molecule has 0 amide bonds. The Morgan fingerprint density at radius 3 is 3.00 bits per heavy atom. The summed E-state index contributed by atoms with van der Waals surface area (Å²) in [5.74, 6) is 0.769. The summed E-state index contributed by atoms with van der Waals surface area (Å²) >= 11 is 0. The number of rotatable bonds is 0. The van der Waals surface area contributed by atoms with Gasteiger partial charge in [0.2, 0.25) is 0 Å². The molecule has 3 N–H and O–H groups in total. The van der Waals surface area contributed by atoms with Crippen LogP contribution >= 0.6 is 0 Å². The molecule has 1 aliphatic carbocycles. The molecule has 1 saturated heterocycles. The summed E-state index contributed by atoms with van der Waals surface area (Å²) < 4.78 is 0. The Labute approximate surface area is 68.5 Å². The summed E-state index contributed by atoms with van der Waals surface area (Å²) in [4.78, 5) is 0. The predicted octanol–water partition coefficient (Wildman–Crippen LogP) is 0.867. The second-order valence-corrected chi connectivity index (χ2v) is 4.13. The van der Waals surface area contributed by atoms with Gasteiger partial charge in [0.15, 0.2) is 0 Å². The topological polar surface area (TPSA) is 38.0 Å². The standard InChI is InChI=1S/C9H18N2/c10-9-4-2-1-3-8(9)7-11-6-5-9/h8,11H,1-7,10H2/t8-,9+/m1/s1. The van der Waals surface area contributed by atoms with Crippen molar-refractivity contribution in [3.05, 3.63) is 0 Å². The fourth-order valence-corrected chi connectivity index (χ4v) is 2.57. The molecule has 1 heterocycles. The minimum atomic E-state index is 0.212. The van der Waals surface area contributed by atoms with E-state index in [4.69, 9.17) is 5.73 Å². The molecule has 11 heavy (non-hydrogen) atoms. The molecule has 0 bridgehead atoms. The first-order chi connectivity index (χ1) is 5.31. The predicted molar refractivity (Wildman–Crippen MR) is 46.4 cm³/mol. The van der Waals surface area contributed by atoms with E-state index in [-0.39, 0.29) is 5.54 Å². The fourth-order valence-electron chi connectivity index (χ4n) is 2.57. The Hall–Kier alpha value is -0.0800. The maximum Gasteiger partial charge on any atom is 0.0207 e. The number of nitrogens with two attached hydrogens (primary N) is 1. The van der Waals surface area contributed by atoms with Crippen molar-refractivity contribution in [2.75, 3.05) is 13.1 Å². The summed E-state index contributed by atoms with van der Waals surface area (Å²) in [5, 5.41) is 3.43. The van der Waals surface area contributed by atoms with Crippen LogP contribution in [0.3, 0.4) is 0 Å². The second kappa shape index (κ2) is 2.76. The lowest BCUT2D eigenvalue weighted by atomic mass is 9.70. The van der Waals surface area contributed by atoms with Crippen LogP contribution in [0.15, 0.2) is 0 Å². The summed E-state index contributed by atoms with van der Waals surface area (Å²) in [7, 11) is 0. The smallest absolute Gasteiger partial charge is 0.0207 e. The highest BCUT2D eigenvalue weighted by Crippen LogP contribution is 2.35. The molecule has 0 radical (unpaired) electrons. The van der Waals surface area contributed by atoms with Crippen molar-refractivity contribution in [2.45, 2.75) is 37.6 Å². The van der Waals surface area contributed by atoms with E-state index in [2.05, 4.69) is 5.32 Å². The van der Waals surface area contributed by atoms with Gasteiger partial charge in [-0.15, -0.1) is 0 Å². The number of piperidine rings is 1. The molecule has 2 fully saturated rings. The van der Waals surface area contributed by atoms with Crippen LogP contribution in [-0.4, -0.2) is 18.6 Å². The lowest BCUT2D eigenvalue weighted by Gasteiger charge is -2.45. The van der Waals surface area contributed by atoms with Crippen molar-refractivity contribution >= 4 is 0 Å². The Kier molecular flexibility index (Phi) is 1.90. The molecule has 2 heteroatoms. The van der Waals surface area contributed by atoms with Crippen LogP contribution in [0.25, 0.3) is 0 Å². The van der Waals surface area contributed by atoms with Crippen molar-refractivity contribution in [3.8, 4) is 0 Å². The Morgan fingerprint density at radius 1 is 1.27 bits per heavy atom. The first-order valence-electron chi connectivity index (χ1n) is 4.81. The third-order valence-electron chi connectivity index (χ3n) is 3.42. The molecule has 1 aliphatic heterocycles. The average molecular weight is 154 g/mol. The Bertz CT molecular complexity index is 132. The lowest BCUT2D eigenvalue weighted by Crippen LogP contribution is -2.57. The highest BCUT2D eigenvalue weighted by molar-refractivity contribution is 4.98. The molecule has 2 atom stereocenters. The first kappa shape index (κ1) is 7.56. The van der Waals surface area contributed by atoms with Gasteiger partial charge in [0, 0.05) is 5.54 Å². The highest BCUT2D eigenvalue weighted by atomic mass is 14.9. The van der Waals surface area contributed by atoms with Crippen LogP contribution in [0, 0.1) is 5.92 Å². The minimum Gasteiger partial charge on any atom is -0.325 e. The van der Waals surface area contributed by atoms with Crippen LogP contribution in [0.5, 0.6) is 0 Å². The van der Waals surface area contributed by atoms with Gasteiger partial charge in [0.1, 0.15) is 0 Å². The molecule has 2 nitrogen and oxygen atoms in total. The van der Waals surface area contributed by atoms with Gasteiger partial charge >= 0.3 is 0 Å². The third kappa shape index (κ3) is 1.30. The lowest BCUT2D eigenvalue weighted by molar-refractivity contribution is 0.144. The van der Waals surface area contributed by atoms with E-state index < -0.39 is 0 Å². The van der Waals surface area contributed by atoms with Crippen LogP contribution in [0.2, 0.25) is 0 Å². The zero-order chi connectivity index (χ0) is 7.73. The molecule has 0 aromatic rings. The van der Waals surface area contributed by atoms with E-state index in [0.717, 1.165) is 19.0 Å². The molecule has 0 spiro atoms. The van der Waals surface area contributed by atoms with E-state index in [1.54, 1.807) is 0 Å². The molecule has 2 rings (SSSR count). The van der Waals surface area contributed by atoms with Crippen molar-refractivity contribution < 1.29 is 0 Å². The summed E-state index contributed by atoms with van der Waals surface area (Å²) in [6, 6.07) is 0. The maximum atomic E-state index is 6.32. The summed E-state index contributed by atoms with van der Waals surface area (Å²) in [6.07, 6.45) is 6.55. The molecule has 2 aliphatic rings. The SMILES string of the molecule is N[C@]12CCCC[C@@H]1CNCC2. The molecule has 0 aromatic heterocycles. The van der Waals surface area contributed by atoms with Gasteiger partial charge in [-0.2, -0.15) is 0 Å². The normalized spacial score (nSPS) is 45.0. The average Bonchev–Trinajstić information content (AvgIpc) is 2.03. The molecule has 0 aromatic carbocycles. The van der Waals surface area contributed by atoms with Crippen LogP contribution in [0.1, 0.15) is 32.1 Å². The van der Waals surface area contributed by atoms with E-state index in [1.807, 2.05) is 0 Å². The Balaban J connectivity index is 2.06. The van der Waals surface area contributed by atoms with E-state index in [9.17, 15) is 0 Å². The van der Waals surface area contributed by atoms with E-state index in [1.165, 1.54) is 32.1 Å². The fraction of sp³-hybridized carbons (Fsp3) is 1.00. The third-order valence-corrected chi connectivity index (χ3v) is 3.42. The van der Waals surface area contributed by atoms with Crippen LogP contribution < -0.4 is 11.1 Å².